The number of rotatable bonds is 6. The minimum absolute atomic E-state index is 0.362. The highest BCUT2D eigenvalue weighted by molar-refractivity contribution is 5.02. The van der Waals surface area contributed by atoms with Crippen molar-refractivity contribution in [2.45, 2.75) is 70.4 Å². The van der Waals surface area contributed by atoms with Gasteiger partial charge in [0.25, 0.3) is 0 Å². The summed E-state index contributed by atoms with van der Waals surface area (Å²) in [6, 6.07) is 0.633. The quantitative estimate of drug-likeness (QED) is 0.814. The van der Waals surface area contributed by atoms with Gasteiger partial charge in [0, 0.05) is 24.8 Å². The molecule has 1 aliphatic carbocycles. The van der Waals surface area contributed by atoms with Crippen molar-refractivity contribution in [1.82, 2.24) is 10.2 Å². The lowest BCUT2D eigenvalue weighted by atomic mass is 9.69. The molecule has 1 aliphatic heterocycles. The summed E-state index contributed by atoms with van der Waals surface area (Å²) in [7, 11) is 4.59. The number of nitrogens with zero attached hydrogens (tertiary/aromatic N) is 1. The van der Waals surface area contributed by atoms with Crippen LogP contribution in [0.25, 0.3) is 0 Å². The molecule has 124 valence electrons. The molecule has 0 spiro atoms. The summed E-state index contributed by atoms with van der Waals surface area (Å²) >= 11 is 0. The van der Waals surface area contributed by atoms with Crippen molar-refractivity contribution >= 4 is 0 Å². The Hall–Kier alpha value is -0.120. The Bertz CT molecular complexity index is 292. The van der Waals surface area contributed by atoms with Crippen LogP contribution in [0.5, 0.6) is 0 Å². The van der Waals surface area contributed by atoms with Gasteiger partial charge in [-0.3, -0.25) is 0 Å². The molecule has 0 aromatic rings. The average Bonchev–Trinajstić information content (AvgIpc) is 2.49. The molecule has 0 bridgehead atoms. The molecule has 1 N–H and O–H groups in total. The lowest BCUT2D eigenvalue weighted by Gasteiger charge is -2.51. The topological polar surface area (TPSA) is 24.5 Å². The van der Waals surface area contributed by atoms with Crippen LogP contribution in [0, 0.1) is 11.8 Å². The SMILES string of the molecule is CCNC(CC1CCOCC1)C1(N(C)C)CCC(C)CC1. The Morgan fingerprint density at radius 2 is 1.76 bits per heavy atom. The van der Waals surface area contributed by atoms with Gasteiger partial charge in [0.15, 0.2) is 0 Å². The van der Waals surface area contributed by atoms with E-state index in [1.165, 1.54) is 44.9 Å². The van der Waals surface area contributed by atoms with E-state index in [4.69, 9.17) is 4.74 Å². The molecule has 1 unspecified atom stereocenters. The molecule has 0 amide bonds. The van der Waals surface area contributed by atoms with Crippen molar-refractivity contribution in [3.8, 4) is 0 Å². The molecule has 3 heteroatoms. The number of nitrogens with one attached hydrogen (secondary N) is 1. The molecule has 1 saturated carbocycles. The molecule has 0 aromatic heterocycles. The van der Waals surface area contributed by atoms with E-state index < -0.39 is 0 Å². The molecule has 3 nitrogen and oxygen atoms in total. The van der Waals surface area contributed by atoms with E-state index in [0.717, 1.165) is 31.6 Å². The van der Waals surface area contributed by atoms with Crippen LogP contribution in [-0.2, 0) is 4.74 Å². The maximum Gasteiger partial charge on any atom is 0.0468 e. The fourth-order valence-electron chi connectivity index (χ4n) is 4.42. The van der Waals surface area contributed by atoms with Gasteiger partial charge in [-0.1, -0.05) is 13.8 Å². The second-order valence-corrected chi connectivity index (χ2v) is 7.58. The molecule has 1 heterocycles. The Kier molecular flexibility index (Phi) is 6.51. The summed E-state index contributed by atoms with van der Waals surface area (Å²) in [6.07, 6.45) is 9.29. The first-order chi connectivity index (χ1) is 10.1. The van der Waals surface area contributed by atoms with E-state index >= 15 is 0 Å². The van der Waals surface area contributed by atoms with E-state index in [9.17, 15) is 0 Å². The fourth-order valence-corrected chi connectivity index (χ4v) is 4.42. The molecule has 2 fully saturated rings. The minimum Gasteiger partial charge on any atom is -0.381 e. The third kappa shape index (κ3) is 4.20. The lowest BCUT2D eigenvalue weighted by Crippen LogP contribution is -2.61. The van der Waals surface area contributed by atoms with Crippen LogP contribution < -0.4 is 5.32 Å². The monoisotopic (exact) mass is 296 g/mol. The van der Waals surface area contributed by atoms with E-state index in [2.05, 4.69) is 38.2 Å². The molecule has 2 rings (SSSR count). The predicted molar refractivity (Wildman–Crippen MR) is 89.7 cm³/mol. The molecule has 21 heavy (non-hydrogen) atoms. The van der Waals surface area contributed by atoms with Gasteiger partial charge in [0.05, 0.1) is 0 Å². The predicted octanol–water partition coefficient (Wildman–Crippen LogP) is 3.29. The number of hydrogen-bond donors (Lipinski definition) is 1. The molecule has 1 saturated heterocycles. The van der Waals surface area contributed by atoms with Crippen molar-refractivity contribution in [1.29, 1.82) is 0 Å². The molecular weight excluding hydrogens is 260 g/mol. The molecule has 0 aromatic carbocycles. The van der Waals surface area contributed by atoms with Crippen molar-refractivity contribution in [3.05, 3.63) is 0 Å². The van der Waals surface area contributed by atoms with Crippen LogP contribution in [0.15, 0.2) is 0 Å². The molecule has 0 radical (unpaired) electrons. The summed E-state index contributed by atoms with van der Waals surface area (Å²) in [5.41, 5.74) is 0.362. The summed E-state index contributed by atoms with van der Waals surface area (Å²) in [5, 5.41) is 3.85. The van der Waals surface area contributed by atoms with Gasteiger partial charge in [-0.05, 0) is 77.4 Å². The maximum absolute atomic E-state index is 5.54. The summed E-state index contributed by atoms with van der Waals surface area (Å²) in [4.78, 5) is 2.53. The van der Waals surface area contributed by atoms with Crippen molar-refractivity contribution in [2.75, 3.05) is 33.9 Å². The standard InChI is InChI=1S/C18H36N2O/c1-5-19-17(14-16-8-12-21-13-9-16)18(20(3)4)10-6-15(2)7-11-18/h15-17,19H,5-14H2,1-4H3. The van der Waals surface area contributed by atoms with Crippen LogP contribution in [0.4, 0.5) is 0 Å². The lowest BCUT2D eigenvalue weighted by molar-refractivity contribution is 0.0165. The van der Waals surface area contributed by atoms with Crippen LogP contribution in [0.2, 0.25) is 0 Å². The van der Waals surface area contributed by atoms with Gasteiger partial charge in [-0.2, -0.15) is 0 Å². The van der Waals surface area contributed by atoms with Gasteiger partial charge in [-0.25, -0.2) is 0 Å². The Balaban J connectivity index is 2.08. The van der Waals surface area contributed by atoms with Gasteiger partial charge in [0.2, 0.25) is 0 Å². The van der Waals surface area contributed by atoms with E-state index in [-0.39, 0.29) is 0 Å². The van der Waals surface area contributed by atoms with Crippen LogP contribution in [-0.4, -0.2) is 50.3 Å². The molecule has 1 atom stereocenters. The molecular formula is C18H36N2O. The highest BCUT2D eigenvalue weighted by atomic mass is 16.5. The van der Waals surface area contributed by atoms with Gasteiger partial charge < -0.3 is 15.0 Å². The molecule has 2 aliphatic rings. The number of ether oxygens (including phenoxy) is 1. The second-order valence-electron chi connectivity index (χ2n) is 7.58. The number of hydrogen-bond acceptors (Lipinski definition) is 3. The minimum atomic E-state index is 0.362. The van der Waals surface area contributed by atoms with Gasteiger partial charge in [-0.15, -0.1) is 0 Å². The van der Waals surface area contributed by atoms with E-state index in [1.807, 2.05) is 0 Å². The second kappa shape index (κ2) is 7.94. The smallest absolute Gasteiger partial charge is 0.0468 e. The number of likely N-dealkylation sites (N-methyl/N-ethyl adjacent to an activating group) is 2. The first-order valence-electron chi connectivity index (χ1n) is 9.07. The Morgan fingerprint density at radius 3 is 2.29 bits per heavy atom. The zero-order valence-corrected chi connectivity index (χ0v) is 14.7. The highest BCUT2D eigenvalue weighted by Gasteiger charge is 2.43. The normalized spacial score (nSPS) is 33.3. The van der Waals surface area contributed by atoms with Crippen molar-refractivity contribution in [3.63, 3.8) is 0 Å². The maximum atomic E-state index is 5.54. The average molecular weight is 296 g/mol. The first kappa shape index (κ1) is 17.2. The first-order valence-corrected chi connectivity index (χ1v) is 9.07. The highest BCUT2D eigenvalue weighted by Crippen LogP contribution is 2.40. The van der Waals surface area contributed by atoms with Gasteiger partial charge >= 0.3 is 0 Å². The Labute approximate surface area is 131 Å². The fraction of sp³-hybridized carbons (Fsp3) is 1.00. The van der Waals surface area contributed by atoms with Crippen LogP contribution in [0.1, 0.15) is 58.8 Å². The summed E-state index contributed by atoms with van der Waals surface area (Å²) in [6.45, 7) is 7.69. The summed E-state index contributed by atoms with van der Waals surface area (Å²) < 4.78 is 5.54. The van der Waals surface area contributed by atoms with Crippen LogP contribution >= 0.6 is 0 Å². The third-order valence-corrected chi connectivity index (χ3v) is 6.04. The van der Waals surface area contributed by atoms with Crippen molar-refractivity contribution < 1.29 is 4.74 Å². The third-order valence-electron chi connectivity index (χ3n) is 6.04. The van der Waals surface area contributed by atoms with Crippen molar-refractivity contribution in [2.24, 2.45) is 11.8 Å². The van der Waals surface area contributed by atoms with Crippen LogP contribution in [0.3, 0.4) is 0 Å². The zero-order chi connectivity index (χ0) is 15.3. The Morgan fingerprint density at radius 1 is 1.14 bits per heavy atom. The van der Waals surface area contributed by atoms with E-state index in [1.54, 1.807) is 0 Å². The largest absolute Gasteiger partial charge is 0.381 e. The summed E-state index contributed by atoms with van der Waals surface area (Å²) in [5.74, 6) is 1.75. The van der Waals surface area contributed by atoms with E-state index in [0.29, 0.717) is 11.6 Å². The van der Waals surface area contributed by atoms with Gasteiger partial charge in [0.1, 0.15) is 0 Å². The zero-order valence-electron chi connectivity index (χ0n) is 14.7.